The molecule has 0 unspecified atom stereocenters. The summed E-state index contributed by atoms with van der Waals surface area (Å²) in [7, 11) is -3.93. The second-order valence-electron chi connectivity index (χ2n) is 7.13. The van der Waals surface area contributed by atoms with Gasteiger partial charge in [0.05, 0.1) is 15.5 Å². The van der Waals surface area contributed by atoms with Crippen LogP contribution >= 0.6 is 22.9 Å². The van der Waals surface area contributed by atoms with Crippen LogP contribution in [0, 0.1) is 5.82 Å². The third-order valence-electron chi connectivity index (χ3n) is 4.57. The summed E-state index contributed by atoms with van der Waals surface area (Å²) in [5.74, 6) is -1.91. The first-order valence-corrected chi connectivity index (χ1v) is 11.9. The number of carbonyl (C=O) groups excluding carboxylic acids is 1. The Kier molecular flexibility index (Phi) is 6.75. The number of sulfonamides is 1. The lowest BCUT2D eigenvalue weighted by atomic mass is 9.85. The number of aromatic nitrogens is 2. The molecule has 1 aromatic heterocycles. The second-order valence-corrected chi connectivity index (χ2v) is 10.3. The van der Waals surface area contributed by atoms with Crippen molar-refractivity contribution in [2.75, 3.05) is 11.9 Å². The Balaban J connectivity index is 1.89. The van der Waals surface area contributed by atoms with Crippen molar-refractivity contribution in [3.05, 3.63) is 69.4 Å². The monoisotopic (exact) mass is 482 g/mol. The van der Waals surface area contributed by atoms with Gasteiger partial charge in [-0.1, -0.05) is 60.2 Å². The largest absolute Gasteiger partial charge is 0.296 e. The summed E-state index contributed by atoms with van der Waals surface area (Å²) in [6.07, 6.45) is 0. The van der Waals surface area contributed by atoms with Gasteiger partial charge >= 0.3 is 0 Å². The van der Waals surface area contributed by atoms with E-state index in [1.165, 1.54) is 0 Å². The quantitative estimate of drug-likeness (QED) is 0.525. The normalized spacial score (nSPS) is 12.0. The molecule has 3 aromatic rings. The van der Waals surface area contributed by atoms with Gasteiger partial charge in [-0.2, -0.15) is 0 Å². The van der Waals surface area contributed by atoms with Gasteiger partial charge in [-0.25, -0.2) is 17.5 Å². The average molecular weight is 483 g/mol. The molecule has 0 aliphatic rings. The summed E-state index contributed by atoms with van der Waals surface area (Å²) >= 11 is 6.98. The van der Waals surface area contributed by atoms with Crippen LogP contribution in [0.15, 0.2) is 47.4 Å². The number of amides is 1. The first kappa shape index (κ1) is 23.3. The molecule has 2 aromatic carbocycles. The zero-order valence-electron chi connectivity index (χ0n) is 16.9. The minimum absolute atomic E-state index is 0.129. The molecule has 0 atom stereocenters. The maximum absolute atomic E-state index is 14.5. The van der Waals surface area contributed by atoms with Crippen molar-refractivity contribution >= 4 is 44.0 Å². The Hall–Kier alpha value is -2.40. The third-order valence-corrected chi connectivity index (χ3v) is 7.53. The van der Waals surface area contributed by atoms with Crippen LogP contribution in [-0.2, 0) is 15.4 Å². The average Bonchev–Trinajstić information content (AvgIpc) is 3.19. The first-order chi connectivity index (χ1) is 14.6. The van der Waals surface area contributed by atoms with Crippen molar-refractivity contribution in [2.45, 2.75) is 31.1 Å². The number of nitrogens with one attached hydrogen (secondary N) is 2. The highest BCUT2D eigenvalue weighted by atomic mass is 35.5. The summed E-state index contributed by atoms with van der Waals surface area (Å²) in [5, 5.41) is 10.9. The second kappa shape index (κ2) is 8.99. The molecular formula is C20H20ClFN4O3S2. The van der Waals surface area contributed by atoms with E-state index in [1.807, 2.05) is 44.2 Å². The Morgan fingerprint density at radius 1 is 1.19 bits per heavy atom. The minimum atomic E-state index is -3.93. The molecule has 0 radical (unpaired) electrons. The molecule has 1 amide bonds. The molecule has 31 heavy (non-hydrogen) atoms. The molecule has 0 bridgehead atoms. The molecule has 0 saturated heterocycles. The van der Waals surface area contributed by atoms with Crippen LogP contribution in [0.5, 0.6) is 0 Å². The molecule has 7 nitrogen and oxygen atoms in total. The number of nitrogens with zero attached hydrogens (tertiary/aromatic N) is 2. The summed E-state index contributed by atoms with van der Waals surface area (Å²) in [6.45, 7) is 5.68. The van der Waals surface area contributed by atoms with Gasteiger partial charge in [0.1, 0.15) is 5.01 Å². The third kappa shape index (κ3) is 4.93. The number of hydrogen-bond donors (Lipinski definition) is 2. The highest BCUT2D eigenvalue weighted by Gasteiger charge is 2.28. The molecule has 164 valence electrons. The van der Waals surface area contributed by atoms with Crippen molar-refractivity contribution in [1.29, 1.82) is 0 Å². The van der Waals surface area contributed by atoms with E-state index >= 15 is 0 Å². The van der Waals surface area contributed by atoms with E-state index in [2.05, 4.69) is 20.2 Å². The van der Waals surface area contributed by atoms with Crippen LogP contribution < -0.4 is 10.0 Å². The maximum atomic E-state index is 14.5. The summed E-state index contributed by atoms with van der Waals surface area (Å²) < 4.78 is 41.2. The van der Waals surface area contributed by atoms with Gasteiger partial charge in [-0.15, -0.1) is 10.2 Å². The van der Waals surface area contributed by atoms with Gasteiger partial charge < -0.3 is 0 Å². The number of halogens is 2. The Morgan fingerprint density at radius 3 is 2.52 bits per heavy atom. The van der Waals surface area contributed by atoms with E-state index in [9.17, 15) is 17.6 Å². The van der Waals surface area contributed by atoms with Gasteiger partial charge in [-0.05, 0) is 31.5 Å². The van der Waals surface area contributed by atoms with Crippen molar-refractivity contribution in [2.24, 2.45) is 0 Å². The number of rotatable bonds is 7. The first-order valence-electron chi connectivity index (χ1n) is 9.26. The highest BCUT2D eigenvalue weighted by Crippen LogP contribution is 2.34. The molecule has 3 rings (SSSR count). The molecule has 0 saturated carbocycles. The van der Waals surface area contributed by atoms with E-state index in [0.29, 0.717) is 5.01 Å². The summed E-state index contributed by atoms with van der Waals surface area (Å²) in [4.78, 5) is 12.4. The van der Waals surface area contributed by atoms with Crippen LogP contribution in [0.2, 0.25) is 5.02 Å². The molecule has 0 fully saturated rings. The predicted molar refractivity (Wildman–Crippen MR) is 119 cm³/mol. The fourth-order valence-corrected chi connectivity index (χ4v) is 5.07. The van der Waals surface area contributed by atoms with Crippen LogP contribution in [0.25, 0.3) is 0 Å². The lowest BCUT2D eigenvalue weighted by molar-refractivity contribution is 0.102. The van der Waals surface area contributed by atoms with Crippen LogP contribution in [0.3, 0.4) is 0 Å². The molecule has 11 heteroatoms. The fourth-order valence-electron chi connectivity index (χ4n) is 2.83. The van der Waals surface area contributed by atoms with Crippen LogP contribution in [0.1, 0.15) is 41.7 Å². The smallest absolute Gasteiger partial charge is 0.260 e. The van der Waals surface area contributed by atoms with Gasteiger partial charge in [0.25, 0.3) is 5.91 Å². The zero-order chi connectivity index (χ0) is 22.8. The van der Waals surface area contributed by atoms with Crippen LogP contribution in [-0.4, -0.2) is 31.1 Å². The van der Waals surface area contributed by atoms with E-state index in [1.54, 1.807) is 6.92 Å². The van der Waals surface area contributed by atoms with E-state index in [-0.39, 0.29) is 16.6 Å². The Labute approximate surface area is 188 Å². The predicted octanol–water partition coefficient (Wildman–Crippen LogP) is 4.21. The van der Waals surface area contributed by atoms with E-state index in [4.69, 9.17) is 11.6 Å². The number of carbonyl (C=O) groups is 1. The van der Waals surface area contributed by atoms with Crippen molar-refractivity contribution in [1.82, 2.24) is 14.9 Å². The van der Waals surface area contributed by atoms with Crippen molar-refractivity contribution < 1.29 is 17.6 Å². The van der Waals surface area contributed by atoms with Gasteiger partial charge in [0.15, 0.2) is 5.82 Å². The maximum Gasteiger partial charge on any atom is 0.260 e. The van der Waals surface area contributed by atoms with Gasteiger partial charge in [0, 0.05) is 12.0 Å². The van der Waals surface area contributed by atoms with Gasteiger partial charge in [0.2, 0.25) is 15.2 Å². The summed E-state index contributed by atoms with van der Waals surface area (Å²) in [6, 6.07) is 11.6. The molecule has 0 aliphatic heterocycles. The minimum Gasteiger partial charge on any atom is -0.296 e. The fraction of sp³-hybridized carbons (Fsp3) is 0.250. The lowest BCUT2D eigenvalue weighted by Crippen LogP contribution is -2.24. The Bertz CT molecular complexity index is 1210. The molecule has 0 spiro atoms. The SMILES string of the molecule is CCNS(=O)(=O)c1cc(Cl)c(F)c(C(=O)Nc2nnc(C(C)(C)c3ccccc3)s2)c1. The molecule has 2 N–H and O–H groups in total. The van der Waals surface area contributed by atoms with Gasteiger partial charge in [-0.3, -0.25) is 10.1 Å². The zero-order valence-corrected chi connectivity index (χ0v) is 19.3. The Morgan fingerprint density at radius 2 is 1.87 bits per heavy atom. The number of benzene rings is 2. The highest BCUT2D eigenvalue weighted by molar-refractivity contribution is 7.89. The van der Waals surface area contributed by atoms with Crippen LogP contribution in [0.4, 0.5) is 9.52 Å². The number of hydrogen-bond acceptors (Lipinski definition) is 6. The summed E-state index contributed by atoms with van der Waals surface area (Å²) in [5.41, 5.74) is 0.0437. The number of anilines is 1. The topological polar surface area (TPSA) is 101 Å². The molecular weight excluding hydrogens is 463 g/mol. The van der Waals surface area contributed by atoms with Crippen molar-refractivity contribution in [3.63, 3.8) is 0 Å². The molecule has 1 heterocycles. The lowest BCUT2D eigenvalue weighted by Gasteiger charge is -2.21. The standard InChI is InChI=1S/C20H20ClFN4O3S2/c1-4-23-31(28,29)13-10-14(16(22)15(21)11-13)17(27)24-19-26-25-18(30-19)20(2,3)12-8-6-5-7-9-12/h5-11,23H,4H2,1-3H3,(H,24,26,27). The van der Waals surface area contributed by atoms with E-state index in [0.717, 1.165) is 29.0 Å². The van der Waals surface area contributed by atoms with E-state index < -0.39 is 37.7 Å². The van der Waals surface area contributed by atoms with Crippen molar-refractivity contribution in [3.8, 4) is 0 Å². The molecule has 0 aliphatic carbocycles.